The van der Waals surface area contributed by atoms with E-state index in [1.54, 1.807) is 0 Å². The number of carboxylic acids is 2. The molecule has 0 radical (unpaired) electrons. The van der Waals surface area contributed by atoms with E-state index in [9.17, 15) is 9.59 Å². The van der Waals surface area contributed by atoms with Crippen LogP contribution in [-0.2, 0) is 13.2 Å². The number of carboxylic acid groups (broad SMARTS) is 2. The third-order valence-corrected chi connectivity index (χ3v) is 2.41. The highest BCUT2D eigenvalue weighted by molar-refractivity contribution is 8.07. The van der Waals surface area contributed by atoms with Crippen molar-refractivity contribution < 1.29 is 23.4 Å². The van der Waals surface area contributed by atoms with Gasteiger partial charge in [0.1, 0.15) is 0 Å². The second-order valence-corrected chi connectivity index (χ2v) is 3.83. The number of hydrogen-bond donors (Lipinski definition) is 2. The van der Waals surface area contributed by atoms with Crippen molar-refractivity contribution >= 4 is 36.0 Å². The Labute approximate surface area is 84.3 Å². The topological polar surface area (TPSA) is 83.8 Å². The van der Waals surface area contributed by atoms with Crippen molar-refractivity contribution in [3.05, 3.63) is 0 Å². The van der Waals surface area contributed by atoms with Gasteiger partial charge >= 0.3 is 11.9 Å². The van der Waals surface area contributed by atoms with Gasteiger partial charge in [-0.15, -0.1) is 0 Å². The fraction of sp³-hybridized carbons (Fsp3) is 0.667. The zero-order valence-corrected chi connectivity index (χ0v) is 8.40. The van der Waals surface area contributed by atoms with Gasteiger partial charge in [-0.3, -0.25) is 9.59 Å². The van der Waals surface area contributed by atoms with Crippen LogP contribution in [0.4, 0.5) is 0 Å². The first-order chi connectivity index (χ1) is 6.13. The van der Waals surface area contributed by atoms with Crippen LogP contribution < -0.4 is 0 Å². The lowest BCUT2D eigenvalue weighted by Crippen LogP contribution is -1.97. The summed E-state index contributed by atoms with van der Waals surface area (Å²) in [5.41, 5.74) is 0. The van der Waals surface area contributed by atoms with E-state index in [0.29, 0.717) is 11.5 Å². The van der Waals surface area contributed by atoms with Gasteiger partial charge < -0.3 is 10.2 Å². The molecule has 0 saturated heterocycles. The van der Waals surface area contributed by atoms with Gasteiger partial charge in [0.15, 0.2) is 0 Å². The maximum atomic E-state index is 10.0. The molecule has 76 valence electrons. The summed E-state index contributed by atoms with van der Waals surface area (Å²) in [6, 6.07) is 0. The van der Waals surface area contributed by atoms with Gasteiger partial charge in [-0.05, 0) is 0 Å². The second-order valence-electron chi connectivity index (χ2n) is 2.00. The van der Waals surface area contributed by atoms with Crippen molar-refractivity contribution in [2.45, 2.75) is 12.8 Å². The molecular formula is C6H10O5S2. The van der Waals surface area contributed by atoms with Crippen LogP contribution in [0.15, 0.2) is 0 Å². The van der Waals surface area contributed by atoms with E-state index >= 15 is 0 Å². The molecule has 0 aromatic carbocycles. The highest BCUT2D eigenvalue weighted by Gasteiger charge is 1.99. The Balaban J connectivity index is 3.00. The average molecular weight is 226 g/mol. The smallest absolute Gasteiger partial charge is 0.304 e. The largest absolute Gasteiger partial charge is 0.481 e. The highest BCUT2D eigenvalue weighted by atomic mass is 32.2. The summed E-state index contributed by atoms with van der Waals surface area (Å²) in [4.78, 5) is 20.0. The molecule has 7 heteroatoms. The minimum atomic E-state index is -0.869. The molecule has 0 heterocycles. The summed E-state index contributed by atoms with van der Waals surface area (Å²) in [6.07, 6.45) is 0.0916. The summed E-state index contributed by atoms with van der Waals surface area (Å²) in [5, 5.41) is 16.5. The van der Waals surface area contributed by atoms with E-state index in [2.05, 4.69) is 0 Å². The Morgan fingerprint density at radius 1 is 1.00 bits per heavy atom. The first kappa shape index (κ1) is 12.6. The van der Waals surface area contributed by atoms with Crippen LogP contribution in [-0.4, -0.2) is 33.7 Å². The quantitative estimate of drug-likeness (QED) is 0.476. The number of hydrogen-bond acceptors (Lipinski definition) is 5. The number of carbonyl (C=O) groups is 2. The summed E-state index contributed by atoms with van der Waals surface area (Å²) in [7, 11) is 0. The van der Waals surface area contributed by atoms with Crippen molar-refractivity contribution in [1.82, 2.24) is 0 Å². The molecule has 0 fully saturated rings. The van der Waals surface area contributed by atoms with Crippen LogP contribution in [0.3, 0.4) is 0 Å². The summed E-state index contributed by atoms with van der Waals surface area (Å²) in [6.45, 7) is 0. The van der Waals surface area contributed by atoms with Crippen LogP contribution in [0, 0.1) is 0 Å². The monoisotopic (exact) mass is 226 g/mol. The molecule has 0 rings (SSSR count). The van der Waals surface area contributed by atoms with Crippen molar-refractivity contribution in [3.63, 3.8) is 0 Å². The van der Waals surface area contributed by atoms with Crippen molar-refractivity contribution in [2.75, 3.05) is 11.5 Å². The molecule has 5 nitrogen and oxygen atoms in total. The minimum absolute atomic E-state index is 0.0458. The van der Waals surface area contributed by atoms with E-state index in [4.69, 9.17) is 13.8 Å². The molecule has 0 aromatic rings. The Morgan fingerprint density at radius 2 is 1.38 bits per heavy atom. The zero-order valence-electron chi connectivity index (χ0n) is 6.76. The standard InChI is InChI=1S/C6H10O5S2/c7-5(8)1-3-12-11-13-4-2-6(9)10/h1-4H2,(H,7,8)(H,9,10). The summed E-state index contributed by atoms with van der Waals surface area (Å²) >= 11 is 2.04. The molecule has 0 bridgehead atoms. The molecular weight excluding hydrogens is 216 g/mol. The van der Waals surface area contributed by atoms with Crippen molar-refractivity contribution in [3.8, 4) is 0 Å². The molecule has 0 aliphatic rings. The average Bonchev–Trinajstić information content (AvgIpc) is 2.01. The third-order valence-electron chi connectivity index (χ3n) is 0.895. The van der Waals surface area contributed by atoms with Gasteiger partial charge in [-0.1, -0.05) is 0 Å². The molecule has 13 heavy (non-hydrogen) atoms. The Kier molecular flexibility index (Phi) is 7.96. The Hall–Kier alpha value is -0.400. The van der Waals surface area contributed by atoms with Crippen LogP contribution >= 0.6 is 24.1 Å². The van der Waals surface area contributed by atoms with Crippen molar-refractivity contribution in [1.29, 1.82) is 0 Å². The van der Waals surface area contributed by atoms with Crippen LogP contribution in [0.1, 0.15) is 12.8 Å². The number of aliphatic carboxylic acids is 2. The second kappa shape index (κ2) is 8.21. The molecule has 0 amide bonds. The molecule has 2 N–H and O–H groups in total. The zero-order chi connectivity index (χ0) is 10.1. The fourth-order valence-electron chi connectivity index (χ4n) is 0.360. The SMILES string of the molecule is O=C(O)CCSOSCCC(=O)O. The molecule has 0 aliphatic heterocycles. The maximum Gasteiger partial charge on any atom is 0.304 e. The van der Waals surface area contributed by atoms with E-state index < -0.39 is 11.9 Å². The first-order valence-electron chi connectivity index (χ1n) is 3.47. The normalized spacial score (nSPS) is 9.85. The molecule has 0 atom stereocenters. The highest BCUT2D eigenvalue weighted by Crippen LogP contribution is 2.16. The molecule has 0 spiro atoms. The Morgan fingerprint density at radius 3 is 1.69 bits per heavy atom. The van der Waals surface area contributed by atoms with E-state index in [1.165, 1.54) is 0 Å². The van der Waals surface area contributed by atoms with Gasteiger partial charge in [0.25, 0.3) is 0 Å². The minimum Gasteiger partial charge on any atom is -0.481 e. The lowest BCUT2D eigenvalue weighted by molar-refractivity contribution is -0.137. The van der Waals surface area contributed by atoms with E-state index in [1.807, 2.05) is 0 Å². The molecule has 0 saturated carbocycles. The van der Waals surface area contributed by atoms with Crippen molar-refractivity contribution in [2.24, 2.45) is 0 Å². The van der Waals surface area contributed by atoms with Crippen LogP contribution in [0.25, 0.3) is 0 Å². The first-order valence-corrected chi connectivity index (χ1v) is 5.29. The predicted molar refractivity (Wildman–Crippen MR) is 50.5 cm³/mol. The van der Waals surface area contributed by atoms with E-state index in [-0.39, 0.29) is 12.8 Å². The van der Waals surface area contributed by atoms with Gasteiger partial charge in [0.05, 0.1) is 12.8 Å². The van der Waals surface area contributed by atoms with Gasteiger partial charge in [-0.25, -0.2) is 3.63 Å². The summed E-state index contributed by atoms with van der Waals surface area (Å²) < 4.78 is 4.84. The third kappa shape index (κ3) is 11.6. The van der Waals surface area contributed by atoms with Gasteiger partial charge in [0.2, 0.25) is 0 Å². The van der Waals surface area contributed by atoms with Gasteiger partial charge in [0, 0.05) is 35.6 Å². The van der Waals surface area contributed by atoms with E-state index in [0.717, 1.165) is 24.1 Å². The Bertz CT molecular complexity index is 154. The lowest BCUT2D eigenvalue weighted by atomic mass is 10.5. The number of rotatable bonds is 8. The lowest BCUT2D eigenvalue weighted by Gasteiger charge is -1.97. The van der Waals surface area contributed by atoms with Gasteiger partial charge in [-0.2, -0.15) is 0 Å². The molecule has 0 aliphatic carbocycles. The maximum absolute atomic E-state index is 10.0. The fourth-order valence-corrected chi connectivity index (χ4v) is 1.69. The van der Waals surface area contributed by atoms with Crippen LogP contribution in [0.2, 0.25) is 0 Å². The molecule has 0 unspecified atom stereocenters. The van der Waals surface area contributed by atoms with Crippen LogP contribution in [0.5, 0.6) is 0 Å². The molecule has 0 aromatic heterocycles. The predicted octanol–water partition coefficient (Wildman–Crippen LogP) is 1.25. The summed E-state index contributed by atoms with van der Waals surface area (Å²) in [5.74, 6) is -0.997.